The molecule has 1 amide bonds. The molecule has 2 rings (SSSR count). The standard InChI is InChI=1S/C18H17NO4/c20-16(18(22)23)11-17(21)19(12-14-7-3-1-4-8-14)13-15-9-5-2-6-10-15/h1-10H,11-13H2,(H,22,23). The lowest BCUT2D eigenvalue weighted by atomic mass is 10.1. The lowest BCUT2D eigenvalue weighted by molar-refractivity contribution is -0.151. The van der Waals surface area contributed by atoms with Crippen molar-refractivity contribution in [3.8, 4) is 0 Å². The number of carboxylic acids is 1. The highest BCUT2D eigenvalue weighted by atomic mass is 16.4. The average Bonchev–Trinajstić information content (AvgIpc) is 2.56. The fourth-order valence-electron chi connectivity index (χ4n) is 2.16. The molecule has 0 saturated heterocycles. The highest BCUT2D eigenvalue weighted by Crippen LogP contribution is 2.11. The number of benzene rings is 2. The summed E-state index contributed by atoms with van der Waals surface area (Å²) < 4.78 is 0. The molecule has 2 aromatic rings. The van der Waals surface area contributed by atoms with Crippen LogP contribution in [-0.4, -0.2) is 27.7 Å². The van der Waals surface area contributed by atoms with Crippen molar-refractivity contribution in [2.75, 3.05) is 0 Å². The quantitative estimate of drug-likeness (QED) is 0.628. The van der Waals surface area contributed by atoms with Crippen molar-refractivity contribution in [1.82, 2.24) is 4.90 Å². The molecule has 0 fully saturated rings. The number of aliphatic carboxylic acids is 1. The second-order valence-electron chi connectivity index (χ2n) is 5.13. The van der Waals surface area contributed by atoms with Crippen molar-refractivity contribution < 1.29 is 19.5 Å². The van der Waals surface area contributed by atoms with Crippen LogP contribution in [0.3, 0.4) is 0 Å². The van der Waals surface area contributed by atoms with Crippen LogP contribution in [0.25, 0.3) is 0 Å². The summed E-state index contributed by atoms with van der Waals surface area (Å²) in [5, 5.41) is 8.67. The van der Waals surface area contributed by atoms with Crippen LogP contribution in [0.1, 0.15) is 17.5 Å². The smallest absolute Gasteiger partial charge is 0.372 e. The first-order chi connectivity index (χ1) is 11.1. The third-order valence-electron chi connectivity index (χ3n) is 3.34. The third kappa shape index (κ3) is 5.07. The van der Waals surface area contributed by atoms with Crippen LogP contribution >= 0.6 is 0 Å². The topological polar surface area (TPSA) is 74.7 Å². The van der Waals surface area contributed by atoms with Crippen molar-refractivity contribution in [2.45, 2.75) is 19.5 Å². The highest BCUT2D eigenvalue weighted by Gasteiger charge is 2.21. The maximum absolute atomic E-state index is 12.3. The summed E-state index contributed by atoms with van der Waals surface area (Å²) in [7, 11) is 0. The molecule has 0 saturated carbocycles. The molecule has 0 bridgehead atoms. The van der Waals surface area contributed by atoms with Crippen LogP contribution in [0.2, 0.25) is 0 Å². The van der Waals surface area contributed by atoms with Crippen LogP contribution in [0.5, 0.6) is 0 Å². The van der Waals surface area contributed by atoms with E-state index in [4.69, 9.17) is 5.11 Å². The van der Waals surface area contributed by atoms with Gasteiger partial charge in [-0.3, -0.25) is 9.59 Å². The Hall–Kier alpha value is -2.95. The zero-order valence-corrected chi connectivity index (χ0v) is 12.5. The van der Waals surface area contributed by atoms with Gasteiger partial charge in [0.15, 0.2) is 0 Å². The van der Waals surface area contributed by atoms with Gasteiger partial charge in [-0.2, -0.15) is 0 Å². The van der Waals surface area contributed by atoms with Crippen molar-refractivity contribution in [3.05, 3.63) is 71.8 Å². The van der Waals surface area contributed by atoms with E-state index in [2.05, 4.69) is 0 Å². The lowest BCUT2D eigenvalue weighted by Gasteiger charge is -2.22. The molecule has 0 aromatic heterocycles. The maximum atomic E-state index is 12.3. The molecular weight excluding hydrogens is 294 g/mol. The van der Waals surface area contributed by atoms with Crippen molar-refractivity contribution in [2.24, 2.45) is 0 Å². The van der Waals surface area contributed by atoms with Gasteiger partial charge in [-0.25, -0.2) is 4.79 Å². The SMILES string of the molecule is O=C(O)C(=O)CC(=O)N(Cc1ccccc1)Cc1ccccc1. The summed E-state index contributed by atoms with van der Waals surface area (Å²) in [5.41, 5.74) is 1.83. The Morgan fingerprint density at radius 3 is 1.61 bits per heavy atom. The Labute approximate surface area is 134 Å². The van der Waals surface area contributed by atoms with Crippen LogP contribution in [0.4, 0.5) is 0 Å². The number of hydrogen-bond donors (Lipinski definition) is 1. The highest BCUT2D eigenvalue weighted by molar-refractivity contribution is 6.36. The zero-order valence-electron chi connectivity index (χ0n) is 12.5. The second-order valence-corrected chi connectivity index (χ2v) is 5.13. The first-order valence-electron chi connectivity index (χ1n) is 7.18. The molecule has 1 N–H and O–H groups in total. The van der Waals surface area contributed by atoms with Gasteiger partial charge in [0, 0.05) is 13.1 Å². The van der Waals surface area contributed by atoms with Crippen LogP contribution in [0, 0.1) is 0 Å². The van der Waals surface area contributed by atoms with Gasteiger partial charge in [0.25, 0.3) is 0 Å². The van der Waals surface area contributed by atoms with E-state index in [1.165, 1.54) is 4.90 Å². The Morgan fingerprint density at radius 2 is 1.22 bits per heavy atom. The summed E-state index contributed by atoms with van der Waals surface area (Å²) in [4.78, 5) is 35.8. The molecule has 0 aliphatic carbocycles. The molecule has 118 valence electrons. The molecule has 0 atom stereocenters. The Morgan fingerprint density at radius 1 is 0.783 bits per heavy atom. The normalized spacial score (nSPS) is 10.1. The third-order valence-corrected chi connectivity index (χ3v) is 3.34. The van der Waals surface area contributed by atoms with E-state index in [0.717, 1.165) is 11.1 Å². The maximum Gasteiger partial charge on any atom is 0.372 e. The van der Waals surface area contributed by atoms with Gasteiger partial charge in [0.1, 0.15) is 0 Å². The number of rotatable bonds is 7. The largest absolute Gasteiger partial charge is 0.475 e. The summed E-state index contributed by atoms with van der Waals surface area (Å²) >= 11 is 0. The molecule has 0 aliphatic rings. The zero-order chi connectivity index (χ0) is 16.7. The minimum Gasteiger partial charge on any atom is -0.475 e. The van der Waals surface area contributed by atoms with Gasteiger partial charge >= 0.3 is 5.97 Å². The van der Waals surface area contributed by atoms with E-state index in [1.54, 1.807) is 0 Å². The van der Waals surface area contributed by atoms with Gasteiger partial charge in [0.2, 0.25) is 11.7 Å². The van der Waals surface area contributed by atoms with Gasteiger partial charge < -0.3 is 10.0 Å². The van der Waals surface area contributed by atoms with E-state index in [0.29, 0.717) is 13.1 Å². The molecule has 0 radical (unpaired) electrons. The van der Waals surface area contributed by atoms with Gasteiger partial charge in [-0.15, -0.1) is 0 Å². The van der Waals surface area contributed by atoms with Crippen molar-refractivity contribution in [1.29, 1.82) is 0 Å². The predicted molar refractivity (Wildman–Crippen MR) is 84.4 cm³/mol. The monoisotopic (exact) mass is 311 g/mol. The summed E-state index contributed by atoms with van der Waals surface area (Å²) in [6.45, 7) is 0.642. The van der Waals surface area contributed by atoms with E-state index < -0.39 is 24.1 Å². The number of nitrogens with zero attached hydrogens (tertiary/aromatic N) is 1. The number of Topliss-reactive ketones (excluding diaryl/α,β-unsaturated/α-hetero) is 1. The molecule has 2 aromatic carbocycles. The average molecular weight is 311 g/mol. The molecule has 5 heteroatoms. The van der Waals surface area contributed by atoms with E-state index in [1.807, 2.05) is 60.7 Å². The molecule has 0 aliphatic heterocycles. The van der Waals surface area contributed by atoms with Gasteiger partial charge in [-0.05, 0) is 11.1 Å². The molecular formula is C18H17NO4. The molecule has 5 nitrogen and oxygen atoms in total. The summed E-state index contributed by atoms with van der Waals surface area (Å²) in [5.74, 6) is -3.18. The molecule has 0 heterocycles. The Bertz CT molecular complexity index is 641. The minimum atomic E-state index is -1.59. The number of hydrogen-bond acceptors (Lipinski definition) is 3. The molecule has 23 heavy (non-hydrogen) atoms. The van der Waals surface area contributed by atoms with Crippen LogP contribution in [0.15, 0.2) is 60.7 Å². The number of amides is 1. The molecule has 0 unspecified atom stereocenters. The summed E-state index contributed by atoms with van der Waals surface area (Å²) in [6, 6.07) is 18.7. The van der Waals surface area contributed by atoms with E-state index in [9.17, 15) is 14.4 Å². The van der Waals surface area contributed by atoms with Gasteiger partial charge in [-0.1, -0.05) is 60.7 Å². The lowest BCUT2D eigenvalue weighted by Crippen LogP contribution is -2.33. The fraction of sp³-hybridized carbons (Fsp3) is 0.167. The fourth-order valence-corrected chi connectivity index (χ4v) is 2.16. The first-order valence-corrected chi connectivity index (χ1v) is 7.18. The Kier molecular flexibility index (Phi) is 5.63. The first kappa shape index (κ1) is 16.4. The number of carbonyl (C=O) groups is 3. The minimum absolute atomic E-state index is 0.321. The van der Waals surface area contributed by atoms with E-state index >= 15 is 0 Å². The predicted octanol–water partition coefficient (Wildman–Crippen LogP) is 2.26. The number of ketones is 1. The molecule has 0 spiro atoms. The van der Waals surface area contributed by atoms with Crippen LogP contribution in [-0.2, 0) is 27.5 Å². The second kappa shape index (κ2) is 7.89. The van der Waals surface area contributed by atoms with Crippen LogP contribution < -0.4 is 0 Å². The van der Waals surface area contributed by atoms with Crippen molar-refractivity contribution in [3.63, 3.8) is 0 Å². The Balaban J connectivity index is 2.15. The van der Waals surface area contributed by atoms with E-state index in [-0.39, 0.29) is 0 Å². The number of carboxylic acid groups (broad SMARTS) is 1. The number of carbonyl (C=O) groups excluding carboxylic acids is 2. The summed E-state index contributed by atoms with van der Waals surface area (Å²) in [6.07, 6.45) is -0.630. The van der Waals surface area contributed by atoms with Crippen molar-refractivity contribution >= 4 is 17.7 Å². The van der Waals surface area contributed by atoms with Gasteiger partial charge in [0.05, 0.1) is 6.42 Å².